The predicted molar refractivity (Wildman–Crippen MR) is 64.5 cm³/mol. The minimum atomic E-state index is -0.406. The first-order chi connectivity index (χ1) is 8.63. The molecule has 0 saturated carbocycles. The number of benzene rings is 1. The van der Waals surface area contributed by atoms with E-state index in [0.29, 0.717) is 17.0 Å². The summed E-state index contributed by atoms with van der Waals surface area (Å²) in [6.07, 6.45) is 0. The highest BCUT2D eigenvalue weighted by Gasteiger charge is 2.16. The van der Waals surface area contributed by atoms with Crippen molar-refractivity contribution in [1.29, 1.82) is 10.5 Å². The maximum atomic E-state index is 12.0. The fourth-order valence-electron chi connectivity index (χ4n) is 1.40. The standard InChI is InChI=1S/C12H12N4O2/c1-18-11-8-9(2-3-10(11)15)12(17)16(6-4-13)7-5-14/h2-3,8H,6-7,15H2,1H3. The van der Waals surface area contributed by atoms with Crippen molar-refractivity contribution in [3.8, 4) is 17.9 Å². The average molecular weight is 244 g/mol. The van der Waals surface area contributed by atoms with Crippen LogP contribution < -0.4 is 10.5 Å². The fourth-order valence-corrected chi connectivity index (χ4v) is 1.40. The molecule has 92 valence electrons. The van der Waals surface area contributed by atoms with E-state index >= 15 is 0 Å². The highest BCUT2D eigenvalue weighted by molar-refractivity contribution is 5.95. The van der Waals surface area contributed by atoms with E-state index in [9.17, 15) is 4.79 Å². The fraction of sp³-hybridized carbons (Fsp3) is 0.250. The van der Waals surface area contributed by atoms with E-state index in [1.54, 1.807) is 6.07 Å². The van der Waals surface area contributed by atoms with Crippen LogP contribution in [0.4, 0.5) is 5.69 Å². The number of hydrogen-bond donors (Lipinski definition) is 1. The van der Waals surface area contributed by atoms with Gasteiger partial charge in [-0.25, -0.2) is 0 Å². The highest BCUT2D eigenvalue weighted by atomic mass is 16.5. The summed E-state index contributed by atoms with van der Waals surface area (Å²) in [5, 5.41) is 17.2. The molecule has 0 unspecified atom stereocenters. The number of nitrogens with two attached hydrogens (primary N) is 1. The van der Waals surface area contributed by atoms with Crippen LogP contribution in [0.5, 0.6) is 5.75 Å². The molecule has 0 radical (unpaired) electrons. The molecule has 1 amide bonds. The number of nitrogen functional groups attached to an aromatic ring is 1. The molecule has 0 aliphatic rings. The minimum absolute atomic E-state index is 0.140. The third-order valence-corrected chi connectivity index (χ3v) is 2.29. The van der Waals surface area contributed by atoms with Gasteiger partial charge in [-0.3, -0.25) is 4.79 Å². The summed E-state index contributed by atoms with van der Waals surface area (Å²) in [5.41, 5.74) is 6.38. The Balaban J connectivity index is 3.02. The molecule has 6 heteroatoms. The second-order valence-electron chi connectivity index (χ2n) is 3.43. The first-order valence-electron chi connectivity index (χ1n) is 5.10. The number of amides is 1. The second-order valence-corrected chi connectivity index (χ2v) is 3.43. The topological polar surface area (TPSA) is 103 Å². The lowest BCUT2D eigenvalue weighted by Gasteiger charge is -2.16. The van der Waals surface area contributed by atoms with Gasteiger partial charge in [0, 0.05) is 5.56 Å². The summed E-state index contributed by atoms with van der Waals surface area (Å²) in [7, 11) is 1.45. The lowest BCUT2D eigenvalue weighted by molar-refractivity contribution is 0.0794. The van der Waals surface area contributed by atoms with Crippen molar-refractivity contribution in [2.45, 2.75) is 0 Å². The zero-order valence-electron chi connectivity index (χ0n) is 9.88. The summed E-state index contributed by atoms with van der Waals surface area (Å²) in [6.45, 7) is -0.280. The van der Waals surface area contributed by atoms with E-state index < -0.39 is 5.91 Å². The molecule has 1 aromatic carbocycles. The number of hydrogen-bond acceptors (Lipinski definition) is 5. The van der Waals surface area contributed by atoms with Crippen LogP contribution in [0.2, 0.25) is 0 Å². The zero-order chi connectivity index (χ0) is 13.5. The van der Waals surface area contributed by atoms with Gasteiger partial charge < -0.3 is 15.4 Å². The van der Waals surface area contributed by atoms with Gasteiger partial charge in [0.1, 0.15) is 18.8 Å². The van der Waals surface area contributed by atoms with Crippen molar-refractivity contribution >= 4 is 11.6 Å². The normalized spacial score (nSPS) is 9.06. The number of anilines is 1. The van der Waals surface area contributed by atoms with Crippen molar-refractivity contribution in [3.63, 3.8) is 0 Å². The van der Waals surface area contributed by atoms with Crippen LogP contribution in [0.25, 0.3) is 0 Å². The minimum Gasteiger partial charge on any atom is -0.495 e. The van der Waals surface area contributed by atoms with E-state index in [2.05, 4.69) is 0 Å². The molecule has 0 fully saturated rings. The molecule has 0 spiro atoms. The molecule has 0 aromatic heterocycles. The lowest BCUT2D eigenvalue weighted by atomic mass is 10.1. The highest BCUT2D eigenvalue weighted by Crippen LogP contribution is 2.22. The number of ether oxygens (including phenoxy) is 1. The molecule has 0 bridgehead atoms. The molecule has 18 heavy (non-hydrogen) atoms. The van der Waals surface area contributed by atoms with E-state index in [1.165, 1.54) is 19.2 Å². The van der Waals surface area contributed by atoms with Crippen LogP contribution in [0.3, 0.4) is 0 Å². The number of carbonyl (C=O) groups is 1. The largest absolute Gasteiger partial charge is 0.495 e. The van der Waals surface area contributed by atoms with Crippen LogP contribution >= 0.6 is 0 Å². The van der Waals surface area contributed by atoms with E-state index in [4.69, 9.17) is 21.0 Å². The van der Waals surface area contributed by atoms with Gasteiger partial charge in [-0.15, -0.1) is 0 Å². The molecule has 0 heterocycles. The summed E-state index contributed by atoms with van der Waals surface area (Å²) in [6, 6.07) is 8.24. The van der Waals surface area contributed by atoms with Gasteiger partial charge in [0.05, 0.1) is 24.9 Å². The van der Waals surface area contributed by atoms with Crippen LogP contribution in [-0.4, -0.2) is 31.0 Å². The molecule has 1 rings (SSSR count). The summed E-state index contributed by atoms with van der Waals surface area (Å²) in [4.78, 5) is 13.2. The van der Waals surface area contributed by atoms with Crippen molar-refractivity contribution < 1.29 is 9.53 Å². The monoisotopic (exact) mass is 244 g/mol. The van der Waals surface area contributed by atoms with Gasteiger partial charge >= 0.3 is 0 Å². The maximum Gasteiger partial charge on any atom is 0.255 e. The molecule has 2 N–H and O–H groups in total. The number of carbonyl (C=O) groups excluding carboxylic acids is 1. The van der Waals surface area contributed by atoms with Crippen molar-refractivity contribution in [2.24, 2.45) is 0 Å². The van der Waals surface area contributed by atoms with Gasteiger partial charge in [-0.2, -0.15) is 10.5 Å². The Morgan fingerprint density at radius 2 is 2.00 bits per heavy atom. The Morgan fingerprint density at radius 3 is 2.50 bits per heavy atom. The molecule has 0 aliphatic carbocycles. The first kappa shape index (κ1) is 13.3. The Morgan fingerprint density at radius 1 is 1.39 bits per heavy atom. The second kappa shape index (κ2) is 6.12. The number of nitriles is 2. The van der Waals surface area contributed by atoms with Gasteiger partial charge in [0.25, 0.3) is 5.91 Å². The third kappa shape index (κ3) is 2.89. The van der Waals surface area contributed by atoms with Crippen molar-refractivity contribution in [3.05, 3.63) is 23.8 Å². The predicted octanol–water partition coefficient (Wildman–Crippen LogP) is 0.767. The van der Waals surface area contributed by atoms with Crippen LogP contribution in [0.15, 0.2) is 18.2 Å². The first-order valence-corrected chi connectivity index (χ1v) is 5.10. The SMILES string of the molecule is COc1cc(C(=O)N(CC#N)CC#N)ccc1N. The van der Waals surface area contributed by atoms with Gasteiger partial charge in [-0.05, 0) is 18.2 Å². The Bertz CT molecular complexity index is 512. The molecule has 6 nitrogen and oxygen atoms in total. The Hall–Kier alpha value is -2.73. The van der Waals surface area contributed by atoms with Crippen molar-refractivity contribution in [2.75, 3.05) is 25.9 Å². The van der Waals surface area contributed by atoms with Gasteiger partial charge in [0.2, 0.25) is 0 Å². The summed E-state index contributed by atoms with van der Waals surface area (Å²) in [5.74, 6) is -0.0221. The van der Waals surface area contributed by atoms with Gasteiger partial charge in [-0.1, -0.05) is 0 Å². The molecule has 0 atom stereocenters. The van der Waals surface area contributed by atoms with E-state index in [0.717, 1.165) is 4.90 Å². The Labute approximate surface area is 105 Å². The number of nitrogens with zero attached hydrogens (tertiary/aromatic N) is 3. The zero-order valence-corrected chi connectivity index (χ0v) is 9.88. The quantitative estimate of drug-likeness (QED) is 0.622. The van der Waals surface area contributed by atoms with Gasteiger partial charge in [0.15, 0.2) is 0 Å². The molecule has 0 aliphatic heterocycles. The summed E-state index contributed by atoms with van der Waals surface area (Å²) < 4.78 is 5.01. The molecule has 1 aromatic rings. The summed E-state index contributed by atoms with van der Waals surface area (Å²) >= 11 is 0. The molecule has 0 saturated heterocycles. The van der Waals surface area contributed by atoms with E-state index in [1.807, 2.05) is 12.1 Å². The van der Waals surface area contributed by atoms with E-state index in [-0.39, 0.29) is 13.1 Å². The lowest BCUT2D eigenvalue weighted by Crippen LogP contribution is -2.31. The van der Waals surface area contributed by atoms with Crippen LogP contribution in [0, 0.1) is 22.7 Å². The number of rotatable bonds is 4. The van der Waals surface area contributed by atoms with Crippen LogP contribution in [0.1, 0.15) is 10.4 Å². The number of methoxy groups -OCH3 is 1. The Kier molecular flexibility index (Phi) is 4.53. The van der Waals surface area contributed by atoms with Crippen molar-refractivity contribution in [1.82, 2.24) is 4.90 Å². The molecular weight excluding hydrogens is 232 g/mol. The molecular formula is C12H12N4O2. The average Bonchev–Trinajstić information content (AvgIpc) is 2.38. The van der Waals surface area contributed by atoms with Crippen LogP contribution in [-0.2, 0) is 0 Å². The smallest absolute Gasteiger partial charge is 0.255 e. The maximum absolute atomic E-state index is 12.0. The third-order valence-electron chi connectivity index (χ3n) is 2.29.